The van der Waals surface area contributed by atoms with E-state index in [0.29, 0.717) is 39.1 Å². The first-order chi connectivity index (χ1) is 15.8. The highest BCUT2D eigenvalue weighted by Crippen LogP contribution is 2.24. The van der Waals surface area contributed by atoms with Crippen LogP contribution in [0.3, 0.4) is 0 Å². The topological polar surface area (TPSA) is 56.5 Å². The van der Waals surface area contributed by atoms with Gasteiger partial charge in [0, 0.05) is 10.4 Å². The molecule has 0 radical (unpaired) electrons. The summed E-state index contributed by atoms with van der Waals surface area (Å²) >= 11 is 15.5. The van der Waals surface area contributed by atoms with Crippen LogP contribution in [0.25, 0.3) is 10.9 Å². The van der Waals surface area contributed by atoms with Gasteiger partial charge in [-0.1, -0.05) is 71.2 Å². The second kappa shape index (κ2) is 10.1. The zero-order chi connectivity index (χ0) is 23.5. The Morgan fingerprint density at radius 3 is 2.67 bits per heavy atom. The average molecular weight is 545 g/mol. The molecule has 0 bridgehead atoms. The number of rotatable bonds is 6. The van der Waals surface area contributed by atoms with E-state index in [0.717, 1.165) is 15.6 Å². The van der Waals surface area contributed by atoms with Gasteiger partial charge >= 0.3 is 0 Å². The van der Waals surface area contributed by atoms with E-state index < -0.39 is 0 Å². The quantitative estimate of drug-likeness (QED) is 0.244. The highest BCUT2D eigenvalue weighted by Gasteiger charge is 2.13. The molecule has 0 fully saturated rings. The smallest absolute Gasteiger partial charge is 0.282 e. The van der Waals surface area contributed by atoms with Crippen LogP contribution in [-0.2, 0) is 6.61 Å². The zero-order valence-electron chi connectivity index (χ0n) is 17.9. The molecule has 5 nitrogen and oxygen atoms in total. The Bertz CT molecular complexity index is 1420. The zero-order valence-corrected chi connectivity index (χ0v) is 21.0. The number of halogens is 3. The van der Waals surface area contributed by atoms with Gasteiger partial charge in [0.25, 0.3) is 5.56 Å². The van der Waals surface area contributed by atoms with Crippen molar-refractivity contribution in [3.63, 3.8) is 0 Å². The van der Waals surface area contributed by atoms with Gasteiger partial charge in [-0.15, -0.1) is 0 Å². The maximum absolute atomic E-state index is 13.1. The molecule has 0 saturated carbocycles. The lowest BCUT2D eigenvalue weighted by molar-refractivity contribution is 0.306. The molecule has 0 N–H and O–H groups in total. The van der Waals surface area contributed by atoms with Crippen molar-refractivity contribution in [1.29, 1.82) is 0 Å². The van der Waals surface area contributed by atoms with Gasteiger partial charge < -0.3 is 4.74 Å². The summed E-state index contributed by atoms with van der Waals surface area (Å²) in [6.45, 7) is 4.31. The maximum atomic E-state index is 13.1. The van der Waals surface area contributed by atoms with E-state index >= 15 is 0 Å². The van der Waals surface area contributed by atoms with E-state index in [1.807, 2.05) is 56.3 Å². The van der Waals surface area contributed by atoms with Crippen molar-refractivity contribution in [2.24, 2.45) is 5.10 Å². The molecule has 4 aromatic rings. The van der Waals surface area contributed by atoms with Crippen molar-refractivity contribution < 1.29 is 4.74 Å². The third-order valence-electron chi connectivity index (χ3n) is 4.92. The minimum Gasteiger partial charge on any atom is -0.489 e. The first-order valence-electron chi connectivity index (χ1n) is 10.2. The Balaban J connectivity index is 1.61. The van der Waals surface area contributed by atoms with Crippen LogP contribution < -0.4 is 10.3 Å². The largest absolute Gasteiger partial charge is 0.489 e. The molecule has 3 aromatic carbocycles. The number of fused-ring (bicyclic) bond motifs is 1. The molecule has 33 heavy (non-hydrogen) atoms. The van der Waals surface area contributed by atoms with E-state index in [9.17, 15) is 4.79 Å². The van der Waals surface area contributed by atoms with Gasteiger partial charge in [0.1, 0.15) is 18.2 Å². The monoisotopic (exact) mass is 543 g/mol. The van der Waals surface area contributed by atoms with Crippen LogP contribution in [0, 0.1) is 0 Å². The summed E-state index contributed by atoms with van der Waals surface area (Å²) < 4.78 is 8.06. The average Bonchev–Trinajstić information content (AvgIpc) is 2.79. The molecule has 0 aliphatic carbocycles. The Morgan fingerprint density at radius 2 is 1.91 bits per heavy atom. The first-order valence-corrected chi connectivity index (χ1v) is 11.8. The summed E-state index contributed by atoms with van der Waals surface area (Å²) in [4.78, 5) is 17.8. The number of hydrogen-bond acceptors (Lipinski definition) is 4. The predicted molar refractivity (Wildman–Crippen MR) is 138 cm³/mol. The van der Waals surface area contributed by atoms with Gasteiger partial charge in [0.15, 0.2) is 0 Å². The van der Waals surface area contributed by atoms with Crippen molar-refractivity contribution in [2.45, 2.75) is 26.4 Å². The van der Waals surface area contributed by atoms with Crippen molar-refractivity contribution >= 4 is 56.2 Å². The SMILES string of the molecule is CC(C)c1nc2ccc(Br)cc2c(=O)n1N=Cc1cccc(OCc2ccc(Cl)c(Cl)c2)c1. The molecule has 0 spiro atoms. The van der Waals surface area contributed by atoms with E-state index in [1.54, 1.807) is 24.4 Å². The third kappa shape index (κ3) is 5.46. The molecule has 168 valence electrons. The molecule has 4 rings (SSSR count). The van der Waals surface area contributed by atoms with Gasteiger partial charge in [-0.25, -0.2) is 4.98 Å². The molecule has 0 saturated heterocycles. The Morgan fingerprint density at radius 1 is 1.09 bits per heavy atom. The van der Waals surface area contributed by atoms with Crippen molar-refractivity contribution in [3.05, 3.63) is 102 Å². The van der Waals surface area contributed by atoms with Crippen LogP contribution in [0.4, 0.5) is 0 Å². The second-order valence-corrected chi connectivity index (χ2v) is 9.49. The summed E-state index contributed by atoms with van der Waals surface area (Å²) in [5.74, 6) is 1.28. The lowest BCUT2D eigenvalue weighted by Crippen LogP contribution is -2.23. The summed E-state index contributed by atoms with van der Waals surface area (Å²) in [6.07, 6.45) is 1.63. The second-order valence-electron chi connectivity index (χ2n) is 7.76. The number of hydrogen-bond donors (Lipinski definition) is 0. The fraction of sp³-hybridized carbons (Fsp3) is 0.160. The lowest BCUT2D eigenvalue weighted by atomic mass is 10.2. The molecule has 8 heteroatoms. The highest BCUT2D eigenvalue weighted by atomic mass is 79.9. The molecular formula is C25H20BrCl2N3O2. The molecule has 1 heterocycles. The van der Waals surface area contributed by atoms with E-state index in [-0.39, 0.29) is 11.5 Å². The van der Waals surface area contributed by atoms with Gasteiger partial charge in [0.05, 0.1) is 27.2 Å². The standard InChI is InChI=1S/C25H20BrCl2N3O2/c1-15(2)24-30-23-9-7-18(26)12-20(23)25(32)31(24)29-13-16-4-3-5-19(10-16)33-14-17-6-8-21(27)22(28)11-17/h3-13,15H,14H2,1-2H3. The van der Waals surface area contributed by atoms with Crippen molar-refractivity contribution in [3.8, 4) is 5.75 Å². The van der Waals surface area contributed by atoms with Gasteiger partial charge in [-0.3, -0.25) is 4.79 Å². The van der Waals surface area contributed by atoms with E-state index in [4.69, 9.17) is 27.9 Å². The third-order valence-corrected chi connectivity index (χ3v) is 6.15. The van der Waals surface area contributed by atoms with Gasteiger partial charge in [0.2, 0.25) is 0 Å². The summed E-state index contributed by atoms with van der Waals surface area (Å²) in [5.41, 5.74) is 2.13. The van der Waals surface area contributed by atoms with Crippen LogP contribution in [0.15, 0.2) is 75.0 Å². The van der Waals surface area contributed by atoms with Crippen molar-refractivity contribution in [2.75, 3.05) is 0 Å². The van der Waals surface area contributed by atoms with Gasteiger partial charge in [-0.05, 0) is 53.6 Å². The molecular weight excluding hydrogens is 525 g/mol. The Labute approximate surface area is 209 Å². The molecule has 0 atom stereocenters. The van der Waals surface area contributed by atoms with Crippen LogP contribution in [0.2, 0.25) is 10.0 Å². The van der Waals surface area contributed by atoms with E-state index in [2.05, 4.69) is 26.0 Å². The Hall–Kier alpha value is -2.67. The molecule has 0 aliphatic rings. The number of ether oxygens (including phenoxy) is 1. The molecule has 0 unspecified atom stereocenters. The minimum absolute atomic E-state index is 0.0174. The van der Waals surface area contributed by atoms with Crippen LogP contribution in [0.1, 0.15) is 36.7 Å². The first kappa shape index (κ1) is 23.5. The maximum Gasteiger partial charge on any atom is 0.282 e. The fourth-order valence-corrected chi connectivity index (χ4v) is 3.94. The minimum atomic E-state index is -0.215. The number of aromatic nitrogens is 2. The van der Waals surface area contributed by atoms with Crippen LogP contribution in [0.5, 0.6) is 5.75 Å². The summed E-state index contributed by atoms with van der Waals surface area (Å²) in [7, 11) is 0. The fourth-order valence-electron chi connectivity index (χ4n) is 3.26. The molecule has 0 aliphatic heterocycles. The van der Waals surface area contributed by atoms with Gasteiger partial charge in [-0.2, -0.15) is 9.78 Å². The summed E-state index contributed by atoms with van der Waals surface area (Å²) in [6, 6.07) is 18.3. The Kier molecular flexibility index (Phi) is 7.17. The van der Waals surface area contributed by atoms with E-state index in [1.165, 1.54) is 4.68 Å². The molecule has 0 amide bonds. The number of nitrogens with zero attached hydrogens (tertiary/aromatic N) is 3. The lowest BCUT2D eigenvalue weighted by Gasteiger charge is -2.12. The highest BCUT2D eigenvalue weighted by molar-refractivity contribution is 9.10. The van der Waals surface area contributed by atoms with Crippen LogP contribution >= 0.6 is 39.1 Å². The number of benzene rings is 3. The van der Waals surface area contributed by atoms with Crippen LogP contribution in [-0.4, -0.2) is 15.9 Å². The predicted octanol–water partition coefficient (Wildman–Crippen LogP) is 7.05. The van der Waals surface area contributed by atoms with Crippen molar-refractivity contribution in [1.82, 2.24) is 9.66 Å². The summed E-state index contributed by atoms with van der Waals surface area (Å²) in [5, 5.41) is 5.97. The molecule has 1 aromatic heterocycles. The normalized spacial score (nSPS) is 11.6.